The molecule has 0 aliphatic rings. The van der Waals surface area contributed by atoms with Crippen molar-refractivity contribution in [3.63, 3.8) is 0 Å². The molecule has 0 radical (unpaired) electrons. The molecule has 0 atom stereocenters. The third-order valence-corrected chi connectivity index (χ3v) is 4.86. The Morgan fingerprint density at radius 3 is 2.69 bits per heavy atom. The van der Waals surface area contributed by atoms with E-state index in [2.05, 4.69) is 24.0 Å². The minimum absolute atomic E-state index is 0.0357. The van der Waals surface area contributed by atoms with Gasteiger partial charge in [-0.25, -0.2) is 0 Å². The van der Waals surface area contributed by atoms with Crippen molar-refractivity contribution < 1.29 is 9.21 Å². The van der Waals surface area contributed by atoms with Gasteiger partial charge in [-0.1, -0.05) is 42.1 Å². The molecule has 1 amide bonds. The van der Waals surface area contributed by atoms with Gasteiger partial charge in [0.25, 0.3) is 0 Å². The molecular formula is C19H22N4O2S. The van der Waals surface area contributed by atoms with Crippen LogP contribution in [-0.2, 0) is 17.9 Å². The summed E-state index contributed by atoms with van der Waals surface area (Å²) in [6, 6.07) is 13.9. The van der Waals surface area contributed by atoms with Gasteiger partial charge in [0.15, 0.2) is 5.16 Å². The Kier molecular flexibility index (Phi) is 6.12. The number of amides is 1. The first-order valence-electron chi connectivity index (χ1n) is 8.50. The van der Waals surface area contributed by atoms with Crippen LogP contribution in [0.3, 0.4) is 0 Å². The maximum Gasteiger partial charge on any atom is 0.233 e. The number of carbonyl (C=O) groups is 1. The lowest BCUT2D eigenvalue weighted by molar-refractivity contribution is -0.129. The molecule has 0 saturated carbocycles. The number of hydrogen-bond acceptors (Lipinski definition) is 5. The highest BCUT2D eigenvalue weighted by atomic mass is 32.2. The molecule has 2 heterocycles. The molecule has 0 saturated heterocycles. The lowest BCUT2D eigenvalue weighted by atomic mass is 10.2. The van der Waals surface area contributed by atoms with Crippen LogP contribution >= 0.6 is 11.8 Å². The van der Waals surface area contributed by atoms with E-state index in [1.807, 2.05) is 47.0 Å². The Hall–Kier alpha value is -2.54. The number of benzene rings is 1. The van der Waals surface area contributed by atoms with Gasteiger partial charge in [0.2, 0.25) is 5.91 Å². The Bertz CT molecular complexity index is 815. The normalized spacial score (nSPS) is 11.0. The fourth-order valence-corrected chi connectivity index (χ4v) is 3.48. The number of hydrogen-bond donors (Lipinski definition) is 0. The van der Waals surface area contributed by atoms with E-state index in [4.69, 9.17) is 4.42 Å². The molecular weight excluding hydrogens is 348 g/mol. The van der Waals surface area contributed by atoms with Crippen molar-refractivity contribution in [3.8, 4) is 0 Å². The summed E-state index contributed by atoms with van der Waals surface area (Å²) in [6.45, 7) is 5.11. The number of carbonyl (C=O) groups excluding carboxylic acids is 1. The lowest BCUT2D eigenvalue weighted by Gasteiger charge is -2.22. The summed E-state index contributed by atoms with van der Waals surface area (Å²) in [6.07, 6.45) is 3.32. The van der Waals surface area contributed by atoms with Crippen molar-refractivity contribution in [2.24, 2.45) is 0 Å². The molecule has 3 rings (SSSR count). The molecule has 0 unspecified atom stereocenters. The van der Waals surface area contributed by atoms with Gasteiger partial charge in [0.1, 0.15) is 12.1 Å². The summed E-state index contributed by atoms with van der Waals surface area (Å²) in [7, 11) is 0. The van der Waals surface area contributed by atoms with E-state index in [1.165, 1.54) is 11.8 Å². The van der Waals surface area contributed by atoms with Crippen LogP contribution in [0.4, 0.5) is 0 Å². The van der Waals surface area contributed by atoms with Crippen LogP contribution in [0.15, 0.2) is 64.6 Å². The van der Waals surface area contributed by atoms with Gasteiger partial charge in [-0.15, -0.1) is 10.2 Å². The minimum atomic E-state index is 0.0357. The zero-order valence-electron chi connectivity index (χ0n) is 14.9. The second-order valence-corrected chi connectivity index (χ2v) is 7.16. The highest BCUT2D eigenvalue weighted by Gasteiger charge is 2.18. The molecule has 0 N–H and O–H groups in total. The van der Waals surface area contributed by atoms with Crippen LogP contribution < -0.4 is 0 Å². The first kappa shape index (κ1) is 18.3. The topological polar surface area (TPSA) is 64.2 Å². The molecule has 3 aromatic rings. The molecule has 0 fully saturated rings. The van der Waals surface area contributed by atoms with Crippen LogP contribution in [0.25, 0.3) is 0 Å². The first-order valence-corrected chi connectivity index (χ1v) is 9.48. The SMILES string of the molecule is CC(C)n1cnnc1SCC(=O)N(Cc1ccccc1)Cc1ccco1. The summed E-state index contributed by atoms with van der Waals surface area (Å²) >= 11 is 1.41. The quantitative estimate of drug-likeness (QED) is 0.565. The monoisotopic (exact) mass is 370 g/mol. The zero-order valence-corrected chi connectivity index (χ0v) is 15.7. The molecule has 26 heavy (non-hydrogen) atoms. The number of furan rings is 1. The third kappa shape index (κ3) is 4.76. The highest BCUT2D eigenvalue weighted by molar-refractivity contribution is 7.99. The first-order chi connectivity index (χ1) is 12.6. The molecule has 136 valence electrons. The van der Waals surface area contributed by atoms with E-state index in [1.54, 1.807) is 17.5 Å². The highest BCUT2D eigenvalue weighted by Crippen LogP contribution is 2.20. The average molecular weight is 370 g/mol. The van der Waals surface area contributed by atoms with Crippen molar-refractivity contribution in [2.75, 3.05) is 5.75 Å². The summed E-state index contributed by atoms with van der Waals surface area (Å²) < 4.78 is 7.39. The lowest BCUT2D eigenvalue weighted by Crippen LogP contribution is -2.31. The number of rotatable bonds is 8. The molecule has 0 bridgehead atoms. The molecule has 6 nitrogen and oxygen atoms in total. The smallest absolute Gasteiger partial charge is 0.233 e. The molecule has 2 aromatic heterocycles. The Morgan fingerprint density at radius 1 is 1.19 bits per heavy atom. The minimum Gasteiger partial charge on any atom is -0.467 e. The van der Waals surface area contributed by atoms with Crippen LogP contribution in [-0.4, -0.2) is 31.3 Å². The van der Waals surface area contributed by atoms with Gasteiger partial charge >= 0.3 is 0 Å². The fourth-order valence-electron chi connectivity index (χ4n) is 2.53. The Morgan fingerprint density at radius 2 is 2.00 bits per heavy atom. The van der Waals surface area contributed by atoms with E-state index in [-0.39, 0.29) is 11.9 Å². The molecule has 0 spiro atoms. The summed E-state index contributed by atoms with van der Waals surface area (Å²) in [5.41, 5.74) is 1.09. The van der Waals surface area contributed by atoms with Crippen molar-refractivity contribution in [3.05, 3.63) is 66.4 Å². The Balaban J connectivity index is 1.68. The standard InChI is InChI=1S/C19H22N4O2S/c1-15(2)23-14-20-21-19(23)26-13-18(24)22(12-17-9-6-10-25-17)11-16-7-4-3-5-8-16/h3-10,14-15H,11-13H2,1-2H3. The number of thioether (sulfide) groups is 1. The maximum absolute atomic E-state index is 12.9. The van der Waals surface area contributed by atoms with Gasteiger partial charge in [-0.3, -0.25) is 4.79 Å². The van der Waals surface area contributed by atoms with Gasteiger partial charge in [-0.2, -0.15) is 0 Å². The molecule has 0 aliphatic carbocycles. The second-order valence-electron chi connectivity index (χ2n) is 6.22. The fraction of sp³-hybridized carbons (Fsp3) is 0.316. The molecule has 0 aliphatic heterocycles. The third-order valence-electron chi connectivity index (χ3n) is 3.92. The van der Waals surface area contributed by atoms with Crippen molar-refractivity contribution in [2.45, 2.75) is 38.1 Å². The van der Waals surface area contributed by atoms with Gasteiger partial charge < -0.3 is 13.9 Å². The van der Waals surface area contributed by atoms with Gasteiger partial charge in [0.05, 0.1) is 18.6 Å². The van der Waals surface area contributed by atoms with E-state index >= 15 is 0 Å². The summed E-state index contributed by atoms with van der Waals surface area (Å²) in [4.78, 5) is 14.7. The largest absolute Gasteiger partial charge is 0.467 e. The van der Waals surface area contributed by atoms with E-state index in [0.717, 1.165) is 16.5 Å². The maximum atomic E-state index is 12.9. The van der Waals surface area contributed by atoms with Crippen LogP contribution in [0.1, 0.15) is 31.2 Å². The Labute approximate surface area is 157 Å². The summed E-state index contributed by atoms with van der Waals surface area (Å²) in [5, 5.41) is 8.82. The summed E-state index contributed by atoms with van der Waals surface area (Å²) in [5.74, 6) is 1.11. The van der Waals surface area contributed by atoms with E-state index in [9.17, 15) is 4.79 Å². The predicted octanol–water partition coefficient (Wildman–Crippen LogP) is 3.77. The average Bonchev–Trinajstić information content (AvgIpc) is 3.31. The second kappa shape index (κ2) is 8.71. The van der Waals surface area contributed by atoms with Crippen molar-refractivity contribution >= 4 is 17.7 Å². The van der Waals surface area contributed by atoms with Crippen LogP contribution in [0.5, 0.6) is 0 Å². The molecule has 7 heteroatoms. The van der Waals surface area contributed by atoms with Crippen molar-refractivity contribution in [1.29, 1.82) is 0 Å². The van der Waals surface area contributed by atoms with Crippen LogP contribution in [0, 0.1) is 0 Å². The van der Waals surface area contributed by atoms with Gasteiger partial charge in [-0.05, 0) is 31.5 Å². The van der Waals surface area contributed by atoms with E-state index in [0.29, 0.717) is 18.8 Å². The van der Waals surface area contributed by atoms with Crippen LogP contribution in [0.2, 0.25) is 0 Å². The van der Waals surface area contributed by atoms with Gasteiger partial charge in [0, 0.05) is 12.6 Å². The molecule has 1 aromatic carbocycles. The van der Waals surface area contributed by atoms with E-state index < -0.39 is 0 Å². The number of nitrogens with zero attached hydrogens (tertiary/aromatic N) is 4. The predicted molar refractivity (Wildman–Crippen MR) is 101 cm³/mol. The number of aromatic nitrogens is 3. The zero-order chi connectivity index (χ0) is 18.4. The van der Waals surface area contributed by atoms with Crippen molar-refractivity contribution in [1.82, 2.24) is 19.7 Å².